The molecule has 0 radical (unpaired) electrons. The smallest absolute Gasteiger partial charge is 0.124 e. The summed E-state index contributed by atoms with van der Waals surface area (Å²) >= 11 is 0. The SMILES string of the molecule is COC1=CCC(N2CC(Oc3cccc(OC)c3)C2)CC1. The van der Waals surface area contributed by atoms with Gasteiger partial charge in [-0.05, 0) is 31.1 Å². The van der Waals surface area contributed by atoms with Gasteiger partial charge in [0.15, 0.2) is 0 Å². The van der Waals surface area contributed by atoms with Gasteiger partial charge in [-0.2, -0.15) is 0 Å². The van der Waals surface area contributed by atoms with Crippen LogP contribution in [0, 0.1) is 0 Å². The fourth-order valence-electron chi connectivity index (χ4n) is 3.02. The fourth-order valence-corrected chi connectivity index (χ4v) is 3.02. The second-order valence-electron chi connectivity index (χ2n) is 5.68. The molecule has 1 fully saturated rings. The summed E-state index contributed by atoms with van der Waals surface area (Å²) in [6, 6.07) is 8.47. The number of ether oxygens (including phenoxy) is 3. The third-order valence-corrected chi connectivity index (χ3v) is 4.34. The highest BCUT2D eigenvalue weighted by Crippen LogP contribution is 2.28. The Balaban J connectivity index is 1.47. The van der Waals surface area contributed by atoms with E-state index in [-0.39, 0.29) is 0 Å². The number of methoxy groups -OCH3 is 2. The van der Waals surface area contributed by atoms with E-state index in [4.69, 9.17) is 14.2 Å². The fraction of sp³-hybridized carbons (Fsp3) is 0.529. The summed E-state index contributed by atoms with van der Waals surface area (Å²) < 4.78 is 16.5. The summed E-state index contributed by atoms with van der Waals surface area (Å²) in [4.78, 5) is 2.51. The second kappa shape index (κ2) is 6.39. The van der Waals surface area contributed by atoms with Gasteiger partial charge in [-0.15, -0.1) is 0 Å². The van der Waals surface area contributed by atoms with E-state index in [1.165, 1.54) is 6.42 Å². The number of hydrogen-bond donors (Lipinski definition) is 0. The second-order valence-corrected chi connectivity index (χ2v) is 5.68. The standard InChI is InChI=1S/C17H23NO3/c1-19-14-8-6-13(7-9-14)18-11-17(12-18)21-16-5-3-4-15(10-16)20-2/h3-5,8,10,13,17H,6-7,9,11-12H2,1-2H3. The van der Waals surface area contributed by atoms with Gasteiger partial charge in [-0.3, -0.25) is 4.90 Å². The van der Waals surface area contributed by atoms with Gasteiger partial charge >= 0.3 is 0 Å². The van der Waals surface area contributed by atoms with Crippen LogP contribution in [0.3, 0.4) is 0 Å². The van der Waals surface area contributed by atoms with Crippen molar-refractivity contribution in [2.24, 2.45) is 0 Å². The molecule has 1 saturated heterocycles. The maximum Gasteiger partial charge on any atom is 0.124 e. The number of nitrogens with zero attached hydrogens (tertiary/aromatic N) is 1. The van der Waals surface area contributed by atoms with Crippen LogP contribution in [0.4, 0.5) is 0 Å². The molecular weight excluding hydrogens is 266 g/mol. The summed E-state index contributed by atoms with van der Waals surface area (Å²) in [5, 5.41) is 0. The minimum absolute atomic E-state index is 0.296. The van der Waals surface area contributed by atoms with Gasteiger partial charge in [0.05, 0.1) is 20.0 Å². The van der Waals surface area contributed by atoms with E-state index in [2.05, 4.69) is 11.0 Å². The molecule has 0 saturated carbocycles. The number of hydrogen-bond acceptors (Lipinski definition) is 4. The molecule has 2 aliphatic rings. The highest BCUT2D eigenvalue weighted by molar-refractivity contribution is 5.33. The zero-order valence-electron chi connectivity index (χ0n) is 12.7. The topological polar surface area (TPSA) is 30.9 Å². The minimum atomic E-state index is 0.296. The van der Waals surface area contributed by atoms with Crippen molar-refractivity contribution in [2.45, 2.75) is 31.4 Å². The average Bonchev–Trinajstić information content (AvgIpc) is 2.51. The van der Waals surface area contributed by atoms with Crippen molar-refractivity contribution in [3.63, 3.8) is 0 Å². The van der Waals surface area contributed by atoms with Crippen molar-refractivity contribution in [1.82, 2.24) is 4.90 Å². The maximum atomic E-state index is 5.99. The molecule has 1 aromatic rings. The number of rotatable bonds is 5. The van der Waals surface area contributed by atoms with Gasteiger partial charge in [0.2, 0.25) is 0 Å². The summed E-state index contributed by atoms with van der Waals surface area (Å²) in [5.41, 5.74) is 0. The molecule has 1 aliphatic heterocycles. The lowest BCUT2D eigenvalue weighted by Gasteiger charge is -2.44. The van der Waals surface area contributed by atoms with Gasteiger partial charge in [0, 0.05) is 31.6 Å². The molecule has 21 heavy (non-hydrogen) atoms. The first-order valence-corrected chi connectivity index (χ1v) is 7.56. The highest BCUT2D eigenvalue weighted by atomic mass is 16.5. The molecule has 1 heterocycles. The van der Waals surface area contributed by atoms with Crippen molar-refractivity contribution < 1.29 is 14.2 Å². The molecule has 0 spiro atoms. The van der Waals surface area contributed by atoms with Gasteiger partial charge in [-0.25, -0.2) is 0 Å². The van der Waals surface area contributed by atoms with Crippen LogP contribution < -0.4 is 9.47 Å². The first kappa shape index (κ1) is 14.3. The molecule has 1 aromatic carbocycles. The van der Waals surface area contributed by atoms with Crippen molar-refractivity contribution in [2.75, 3.05) is 27.3 Å². The van der Waals surface area contributed by atoms with Crippen LogP contribution >= 0.6 is 0 Å². The molecule has 1 atom stereocenters. The third-order valence-electron chi connectivity index (χ3n) is 4.34. The Hall–Kier alpha value is -1.68. The first-order valence-electron chi connectivity index (χ1n) is 7.56. The van der Waals surface area contributed by atoms with E-state index in [1.807, 2.05) is 24.3 Å². The Bertz CT molecular complexity index is 509. The third kappa shape index (κ3) is 3.32. The average molecular weight is 289 g/mol. The van der Waals surface area contributed by atoms with E-state index in [9.17, 15) is 0 Å². The Morgan fingerprint density at radius 2 is 1.90 bits per heavy atom. The molecule has 4 heteroatoms. The van der Waals surface area contributed by atoms with Crippen LogP contribution in [0.2, 0.25) is 0 Å². The van der Waals surface area contributed by atoms with Crippen LogP contribution in [0.25, 0.3) is 0 Å². The zero-order chi connectivity index (χ0) is 14.7. The van der Waals surface area contributed by atoms with Crippen LogP contribution in [0.5, 0.6) is 11.5 Å². The van der Waals surface area contributed by atoms with E-state index in [0.29, 0.717) is 12.1 Å². The number of benzene rings is 1. The van der Waals surface area contributed by atoms with Crippen molar-refractivity contribution in [3.05, 3.63) is 36.1 Å². The van der Waals surface area contributed by atoms with Gasteiger partial charge in [0.1, 0.15) is 17.6 Å². The molecule has 4 nitrogen and oxygen atoms in total. The lowest BCUT2D eigenvalue weighted by Crippen LogP contribution is -2.57. The predicted molar refractivity (Wildman–Crippen MR) is 81.7 cm³/mol. The minimum Gasteiger partial charge on any atom is -0.501 e. The van der Waals surface area contributed by atoms with Crippen LogP contribution in [0.15, 0.2) is 36.1 Å². The van der Waals surface area contributed by atoms with Crippen LogP contribution in [-0.4, -0.2) is 44.4 Å². The van der Waals surface area contributed by atoms with E-state index in [0.717, 1.165) is 43.2 Å². The first-order chi connectivity index (χ1) is 10.3. The lowest BCUT2D eigenvalue weighted by molar-refractivity contribution is -0.0134. The van der Waals surface area contributed by atoms with Crippen molar-refractivity contribution >= 4 is 0 Å². The Kier molecular flexibility index (Phi) is 4.34. The Morgan fingerprint density at radius 3 is 2.57 bits per heavy atom. The summed E-state index contributed by atoms with van der Waals surface area (Å²) in [6.07, 6.45) is 5.86. The van der Waals surface area contributed by atoms with Gasteiger partial charge in [-0.1, -0.05) is 6.07 Å². The number of likely N-dealkylation sites (tertiary alicyclic amines) is 1. The molecule has 0 aromatic heterocycles. The predicted octanol–water partition coefficient (Wildman–Crippen LogP) is 2.84. The largest absolute Gasteiger partial charge is 0.501 e. The lowest BCUT2D eigenvalue weighted by atomic mass is 9.95. The summed E-state index contributed by atoms with van der Waals surface area (Å²) in [6.45, 7) is 2.02. The van der Waals surface area contributed by atoms with Gasteiger partial charge in [0.25, 0.3) is 0 Å². The Labute approximate surface area is 126 Å². The molecule has 1 aliphatic carbocycles. The molecule has 0 bridgehead atoms. The van der Waals surface area contributed by atoms with Crippen LogP contribution in [-0.2, 0) is 4.74 Å². The molecule has 0 amide bonds. The monoisotopic (exact) mass is 289 g/mol. The summed E-state index contributed by atoms with van der Waals surface area (Å²) in [5.74, 6) is 2.87. The van der Waals surface area contributed by atoms with E-state index >= 15 is 0 Å². The number of allylic oxidation sites excluding steroid dienone is 1. The van der Waals surface area contributed by atoms with E-state index < -0.39 is 0 Å². The highest BCUT2D eigenvalue weighted by Gasteiger charge is 2.34. The van der Waals surface area contributed by atoms with Gasteiger partial charge < -0.3 is 14.2 Å². The molecule has 114 valence electrons. The summed E-state index contributed by atoms with van der Waals surface area (Å²) in [7, 11) is 3.43. The molecule has 0 N–H and O–H groups in total. The van der Waals surface area contributed by atoms with Crippen molar-refractivity contribution in [3.8, 4) is 11.5 Å². The quantitative estimate of drug-likeness (QED) is 0.834. The normalized spacial score (nSPS) is 23.1. The molecular formula is C17H23NO3. The Morgan fingerprint density at radius 1 is 1.10 bits per heavy atom. The van der Waals surface area contributed by atoms with Crippen LogP contribution in [0.1, 0.15) is 19.3 Å². The zero-order valence-corrected chi connectivity index (χ0v) is 12.7. The molecule has 1 unspecified atom stereocenters. The molecule has 3 rings (SSSR count). The maximum absolute atomic E-state index is 5.99. The van der Waals surface area contributed by atoms with Crippen molar-refractivity contribution in [1.29, 1.82) is 0 Å². The van der Waals surface area contributed by atoms with E-state index in [1.54, 1.807) is 14.2 Å².